The van der Waals surface area contributed by atoms with Crippen LogP contribution in [-0.2, 0) is 42.9 Å². The number of hydrogen-bond acceptors (Lipinski definition) is 11. The first kappa shape index (κ1) is 76.2. The number of allylic oxidation sites excluding steroid dienone is 4. The quantitative estimate of drug-likeness (QED) is 0.0228. The number of carbonyl (C=O) groups excluding carboxylic acids is 3. The smallest absolute Gasteiger partial charge is 0.335 e. The molecule has 1 saturated heterocycles. The van der Waals surface area contributed by atoms with E-state index in [0.29, 0.717) is 19.3 Å². The average Bonchev–Trinajstić information content (AvgIpc) is 3.53. The van der Waals surface area contributed by atoms with E-state index in [2.05, 4.69) is 45.1 Å². The lowest BCUT2D eigenvalue weighted by Gasteiger charge is -2.40. The Morgan fingerprint density at radius 3 is 1.14 bits per heavy atom. The van der Waals surface area contributed by atoms with Crippen LogP contribution in [0.25, 0.3) is 0 Å². The molecule has 12 heteroatoms. The first-order chi connectivity index (χ1) is 39.6. The highest BCUT2D eigenvalue weighted by atomic mass is 16.7. The van der Waals surface area contributed by atoms with Gasteiger partial charge in [-0.15, -0.1) is 0 Å². The van der Waals surface area contributed by atoms with E-state index in [9.17, 15) is 34.5 Å². The molecule has 1 aliphatic rings. The predicted octanol–water partition coefficient (Wildman–Crippen LogP) is 18.6. The van der Waals surface area contributed by atoms with Crippen LogP contribution in [0.5, 0.6) is 0 Å². The van der Waals surface area contributed by atoms with Gasteiger partial charge in [0.25, 0.3) is 0 Å². The third-order valence-corrected chi connectivity index (χ3v) is 16.0. The van der Waals surface area contributed by atoms with Crippen LogP contribution in [0.3, 0.4) is 0 Å². The van der Waals surface area contributed by atoms with E-state index in [1.54, 1.807) is 0 Å². The third kappa shape index (κ3) is 47.2. The van der Waals surface area contributed by atoms with Gasteiger partial charge in [-0.3, -0.25) is 14.4 Å². The van der Waals surface area contributed by atoms with Crippen LogP contribution in [0.4, 0.5) is 0 Å². The minimum atomic E-state index is -1.90. The number of unbranched alkanes of at least 4 members (excludes halogenated alkanes) is 42. The standard InChI is InChI=1S/C69H126O12/c1-4-7-10-13-16-19-22-25-28-30-31-33-36-39-42-45-48-51-54-57-63(72)80-67-65(74)64(73)66(68(75)76)81-69(67)78-59-60(79-62(71)56-53-50-47-44-41-38-34-27-24-21-18-15-12-9-6-3)58-77-61(70)55-52-49-46-43-40-37-35-32-29-26-23-20-17-14-11-8-5-2/h17,20,26,29,60,64-67,69,73-74H,4-16,18-19,21-25,27-28,30-59H2,1-3H3,(H,75,76)/b20-17-,29-26-. The Hall–Kier alpha value is -2.80. The zero-order valence-electron chi connectivity index (χ0n) is 52.6. The van der Waals surface area contributed by atoms with Gasteiger partial charge in [0.1, 0.15) is 18.8 Å². The largest absolute Gasteiger partial charge is 0.479 e. The van der Waals surface area contributed by atoms with Crippen molar-refractivity contribution in [2.45, 2.75) is 379 Å². The van der Waals surface area contributed by atoms with Crippen LogP contribution in [0.2, 0.25) is 0 Å². The molecule has 12 nitrogen and oxygen atoms in total. The van der Waals surface area contributed by atoms with E-state index in [1.165, 1.54) is 205 Å². The van der Waals surface area contributed by atoms with E-state index in [4.69, 9.17) is 23.7 Å². The van der Waals surface area contributed by atoms with Crippen molar-refractivity contribution in [1.29, 1.82) is 0 Å². The fourth-order valence-corrected chi connectivity index (χ4v) is 10.8. The zero-order chi connectivity index (χ0) is 58.9. The van der Waals surface area contributed by atoms with Crippen LogP contribution >= 0.6 is 0 Å². The van der Waals surface area contributed by atoms with Crippen LogP contribution in [0.1, 0.15) is 342 Å². The zero-order valence-corrected chi connectivity index (χ0v) is 52.6. The summed E-state index contributed by atoms with van der Waals surface area (Å²) >= 11 is 0. The van der Waals surface area contributed by atoms with Gasteiger partial charge < -0.3 is 39.0 Å². The van der Waals surface area contributed by atoms with E-state index < -0.39 is 67.3 Å². The lowest BCUT2D eigenvalue weighted by Crippen LogP contribution is -2.61. The molecule has 0 aromatic carbocycles. The molecule has 0 bridgehead atoms. The average molecular weight is 1150 g/mol. The summed E-state index contributed by atoms with van der Waals surface area (Å²) < 4.78 is 28.6. The number of ether oxygens (including phenoxy) is 5. The summed E-state index contributed by atoms with van der Waals surface area (Å²) in [5.74, 6) is -3.08. The molecule has 0 aromatic heterocycles. The maximum Gasteiger partial charge on any atom is 0.335 e. The lowest BCUT2D eigenvalue weighted by molar-refractivity contribution is -0.301. The Labute approximate surface area is 496 Å². The second-order valence-electron chi connectivity index (χ2n) is 23.8. The van der Waals surface area contributed by atoms with Gasteiger partial charge in [-0.1, -0.05) is 295 Å². The minimum absolute atomic E-state index is 0.0678. The lowest BCUT2D eigenvalue weighted by atomic mass is 9.98. The maximum absolute atomic E-state index is 13.2. The molecule has 3 N–H and O–H groups in total. The Balaban J connectivity index is 2.61. The normalized spacial score (nSPS) is 17.8. The second-order valence-corrected chi connectivity index (χ2v) is 23.8. The Kier molecular flexibility index (Phi) is 54.2. The molecular formula is C69H126O12. The number of aliphatic hydroxyl groups excluding tert-OH is 2. The molecule has 6 unspecified atom stereocenters. The molecule has 1 heterocycles. The minimum Gasteiger partial charge on any atom is -0.479 e. The molecule has 1 aliphatic heterocycles. The number of aliphatic carboxylic acids is 1. The molecule has 1 fully saturated rings. The number of aliphatic hydroxyl groups is 2. The highest BCUT2D eigenvalue weighted by molar-refractivity contribution is 5.74. The van der Waals surface area contributed by atoms with Crippen molar-refractivity contribution >= 4 is 23.9 Å². The molecule has 0 aliphatic carbocycles. The van der Waals surface area contributed by atoms with E-state index in [1.807, 2.05) is 0 Å². The highest BCUT2D eigenvalue weighted by Gasteiger charge is 2.50. The molecule has 0 aromatic rings. The second kappa shape index (κ2) is 57.6. The summed E-state index contributed by atoms with van der Waals surface area (Å²) in [7, 11) is 0. The van der Waals surface area contributed by atoms with Crippen molar-refractivity contribution in [3.8, 4) is 0 Å². The van der Waals surface area contributed by atoms with Gasteiger partial charge in [-0.2, -0.15) is 0 Å². The van der Waals surface area contributed by atoms with Gasteiger partial charge in [0.2, 0.25) is 0 Å². The molecule has 0 radical (unpaired) electrons. The van der Waals surface area contributed by atoms with Gasteiger partial charge in [-0.05, 0) is 51.4 Å². The van der Waals surface area contributed by atoms with Crippen molar-refractivity contribution < 1.29 is 58.2 Å². The SMILES string of the molecule is CCCCC/C=C\C/C=C\CCCCCCCCCC(=O)OCC(COC1OC(C(=O)O)C(O)C(O)C1OC(=O)CCCCCCCCCCCCCCCCCCCCC)OC(=O)CCCCCCCCCCCCCCCCC. The van der Waals surface area contributed by atoms with Crippen LogP contribution < -0.4 is 0 Å². The van der Waals surface area contributed by atoms with Crippen molar-refractivity contribution in [2.24, 2.45) is 0 Å². The monoisotopic (exact) mass is 1150 g/mol. The summed E-state index contributed by atoms with van der Waals surface area (Å²) in [5, 5.41) is 31.6. The van der Waals surface area contributed by atoms with Crippen LogP contribution in [0.15, 0.2) is 24.3 Å². The van der Waals surface area contributed by atoms with Crippen molar-refractivity contribution in [1.82, 2.24) is 0 Å². The highest BCUT2D eigenvalue weighted by Crippen LogP contribution is 2.27. The topological polar surface area (TPSA) is 175 Å². The third-order valence-electron chi connectivity index (χ3n) is 16.0. The Bertz CT molecular complexity index is 1500. The van der Waals surface area contributed by atoms with Gasteiger partial charge in [0.15, 0.2) is 24.6 Å². The van der Waals surface area contributed by atoms with E-state index in [-0.39, 0.29) is 25.9 Å². The predicted molar refractivity (Wildman–Crippen MR) is 331 cm³/mol. The Morgan fingerprint density at radius 1 is 0.407 bits per heavy atom. The van der Waals surface area contributed by atoms with Gasteiger partial charge in [0, 0.05) is 19.3 Å². The molecule has 0 spiro atoms. The number of carboxylic acids is 1. The maximum atomic E-state index is 13.2. The van der Waals surface area contributed by atoms with Crippen molar-refractivity contribution in [3.63, 3.8) is 0 Å². The molecule has 1 rings (SSSR count). The summed E-state index contributed by atoms with van der Waals surface area (Å²) in [6, 6.07) is 0. The van der Waals surface area contributed by atoms with Gasteiger partial charge in [-0.25, -0.2) is 4.79 Å². The number of carbonyl (C=O) groups is 4. The fraction of sp³-hybridized carbons (Fsp3) is 0.884. The molecule has 0 amide bonds. The molecule has 6 atom stereocenters. The van der Waals surface area contributed by atoms with Crippen molar-refractivity contribution in [2.75, 3.05) is 13.2 Å². The summed E-state index contributed by atoms with van der Waals surface area (Å²) in [6.07, 6.45) is 55.6. The number of carboxylic acid groups (broad SMARTS) is 1. The number of hydrogen-bond donors (Lipinski definition) is 3. The van der Waals surface area contributed by atoms with Gasteiger partial charge >= 0.3 is 23.9 Å². The summed E-state index contributed by atoms with van der Waals surface area (Å²) in [5.41, 5.74) is 0. The molecule has 0 saturated carbocycles. The molecule has 81 heavy (non-hydrogen) atoms. The summed E-state index contributed by atoms with van der Waals surface area (Å²) in [6.45, 7) is 6.04. The van der Waals surface area contributed by atoms with Gasteiger partial charge in [0.05, 0.1) is 6.61 Å². The first-order valence-corrected chi connectivity index (χ1v) is 34.3. The first-order valence-electron chi connectivity index (χ1n) is 34.3. The number of rotatable bonds is 60. The number of esters is 3. The Morgan fingerprint density at radius 2 is 0.741 bits per heavy atom. The van der Waals surface area contributed by atoms with E-state index >= 15 is 0 Å². The van der Waals surface area contributed by atoms with Crippen molar-refractivity contribution in [3.05, 3.63) is 24.3 Å². The van der Waals surface area contributed by atoms with E-state index in [0.717, 1.165) is 77.0 Å². The van der Waals surface area contributed by atoms with Crippen LogP contribution in [-0.4, -0.2) is 89.2 Å². The molecular weight excluding hydrogens is 1020 g/mol. The fourth-order valence-electron chi connectivity index (χ4n) is 10.8. The summed E-state index contributed by atoms with van der Waals surface area (Å²) in [4.78, 5) is 51.4. The molecule has 474 valence electrons. The van der Waals surface area contributed by atoms with Crippen LogP contribution in [0, 0.1) is 0 Å².